The zero-order chi connectivity index (χ0) is 24.8. The molecule has 1 aliphatic carbocycles. The van der Waals surface area contributed by atoms with Crippen molar-refractivity contribution in [1.29, 1.82) is 5.41 Å². The van der Waals surface area contributed by atoms with E-state index in [1.165, 1.54) is 12.4 Å². The molecule has 34 heavy (non-hydrogen) atoms. The molecular formula is C23H28ClFN6O2S. The van der Waals surface area contributed by atoms with Crippen LogP contribution in [-0.4, -0.2) is 49.9 Å². The average Bonchev–Trinajstić information content (AvgIpc) is 3.23. The van der Waals surface area contributed by atoms with Crippen LogP contribution in [0.15, 0.2) is 30.6 Å². The first kappa shape index (κ1) is 25.9. The molecule has 1 aliphatic rings. The van der Waals surface area contributed by atoms with Gasteiger partial charge in [0.05, 0.1) is 23.6 Å². The lowest BCUT2D eigenvalue weighted by molar-refractivity contribution is 0.0851. The van der Waals surface area contributed by atoms with E-state index >= 15 is 0 Å². The second-order valence-corrected chi connectivity index (χ2v) is 8.64. The van der Waals surface area contributed by atoms with Crippen molar-refractivity contribution in [3.63, 3.8) is 0 Å². The molecule has 182 valence electrons. The lowest BCUT2D eigenvalue weighted by Crippen LogP contribution is -2.39. The first-order valence-electron chi connectivity index (χ1n) is 11.1. The highest BCUT2D eigenvalue weighted by molar-refractivity contribution is 7.92. The predicted octanol–water partition coefficient (Wildman–Crippen LogP) is 4.98. The van der Waals surface area contributed by atoms with Crippen LogP contribution in [0.4, 0.5) is 9.57 Å². The molecule has 11 heteroatoms. The van der Waals surface area contributed by atoms with E-state index in [4.69, 9.17) is 17.0 Å². The summed E-state index contributed by atoms with van der Waals surface area (Å²) in [6, 6.07) is 4.91. The number of nitrogens with one attached hydrogen (secondary N) is 3. The Balaban J connectivity index is 0.00000158. The summed E-state index contributed by atoms with van der Waals surface area (Å²) in [5.41, 5.74) is 2.08. The molecule has 0 aliphatic heterocycles. The first-order chi connectivity index (χ1) is 16.4. The molecule has 2 heterocycles. The van der Waals surface area contributed by atoms with Crippen LogP contribution in [-0.2, 0) is 0 Å². The summed E-state index contributed by atoms with van der Waals surface area (Å²) in [4.78, 5) is 21.7. The topological polar surface area (TPSA) is 116 Å². The number of carbonyl (C=O) groups is 1. The minimum absolute atomic E-state index is 0.0829. The third kappa shape index (κ3) is 5.51. The molecule has 0 radical (unpaired) electrons. The highest BCUT2D eigenvalue weighted by Crippen LogP contribution is 2.27. The fraction of sp³-hybridized carbons (Fsp3) is 0.391. The van der Waals surface area contributed by atoms with Crippen LogP contribution in [0.5, 0.6) is 0 Å². The van der Waals surface area contributed by atoms with E-state index in [0.29, 0.717) is 22.7 Å². The van der Waals surface area contributed by atoms with E-state index in [9.17, 15) is 13.8 Å². The van der Waals surface area contributed by atoms with Gasteiger partial charge in [0.2, 0.25) is 0 Å². The van der Waals surface area contributed by atoms with Crippen molar-refractivity contribution in [2.75, 3.05) is 12.4 Å². The van der Waals surface area contributed by atoms with Crippen molar-refractivity contribution in [1.82, 2.24) is 19.3 Å². The van der Waals surface area contributed by atoms with Gasteiger partial charge in [-0.15, -0.1) is 3.89 Å². The quantitative estimate of drug-likeness (QED) is 0.350. The highest BCUT2D eigenvalue weighted by Gasteiger charge is 2.25. The lowest BCUT2D eigenvalue weighted by atomic mass is 9.93. The summed E-state index contributed by atoms with van der Waals surface area (Å²) in [6.07, 6.45) is 5.08. The van der Waals surface area contributed by atoms with E-state index < -0.39 is 12.0 Å². The Labute approximate surface area is 207 Å². The van der Waals surface area contributed by atoms with E-state index in [2.05, 4.69) is 20.6 Å². The standard InChI is InChI=1S/C21H22ClFN6O2S.C2H6/c1-25-16-7-11(22)5-6-14(16)18(24)17-9-26-20-19(28-17)15(10-29(20)32-23)21(31)27-12-3-2-4-13(30)8-12;1-2/h5-7,9-10,12-13,24-25,30H,2-4,8H2,1H3,(H,27,31);1-2H3. The van der Waals surface area contributed by atoms with Crippen LogP contribution in [0.3, 0.4) is 0 Å². The number of rotatable bonds is 6. The summed E-state index contributed by atoms with van der Waals surface area (Å²) in [5, 5.41) is 24.9. The van der Waals surface area contributed by atoms with Crippen molar-refractivity contribution < 1.29 is 13.8 Å². The summed E-state index contributed by atoms with van der Waals surface area (Å²) in [6.45, 7) is 4.00. The number of amides is 1. The van der Waals surface area contributed by atoms with Gasteiger partial charge in [-0.2, -0.15) is 0 Å². The minimum Gasteiger partial charge on any atom is -0.393 e. The second-order valence-electron chi connectivity index (χ2n) is 7.67. The van der Waals surface area contributed by atoms with Crippen molar-refractivity contribution in [2.24, 2.45) is 0 Å². The Bertz CT molecular complexity index is 1190. The van der Waals surface area contributed by atoms with E-state index in [-0.39, 0.29) is 46.5 Å². The number of aromatic nitrogens is 3. The second kappa shape index (κ2) is 11.6. The number of benzene rings is 1. The number of hydrogen-bond acceptors (Lipinski definition) is 7. The molecular weight excluding hydrogens is 479 g/mol. The number of fused-ring (bicyclic) bond motifs is 1. The third-order valence-electron chi connectivity index (χ3n) is 5.54. The van der Waals surface area contributed by atoms with Crippen LogP contribution < -0.4 is 10.6 Å². The molecule has 2 aromatic heterocycles. The smallest absolute Gasteiger partial charge is 0.255 e. The average molecular weight is 507 g/mol. The zero-order valence-corrected chi connectivity index (χ0v) is 20.8. The SMILES string of the molecule is CC.CNc1cc(Cl)ccc1C(=N)c1cnc2c(n1)c(C(=O)NC1CCCC(O)C1)cn2SF. The summed E-state index contributed by atoms with van der Waals surface area (Å²) < 4.78 is 14.6. The van der Waals surface area contributed by atoms with Gasteiger partial charge >= 0.3 is 0 Å². The number of aliphatic hydroxyl groups is 1. The molecule has 4 rings (SSSR count). The molecule has 1 fully saturated rings. The maximum Gasteiger partial charge on any atom is 0.255 e. The number of aliphatic hydroxyl groups excluding tert-OH is 1. The maximum atomic E-state index is 13.5. The largest absolute Gasteiger partial charge is 0.393 e. The van der Waals surface area contributed by atoms with Gasteiger partial charge in [-0.1, -0.05) is 25.4 Å². The molecule has 2 atom stereocenters. The molecule has 0 saturated heterocycles. The minimum atomic E-state index is -0.440. The Morgan fingerprint density at radius 2 is 2.09 bits per heavy atom. The Morgan fingerprint density at radius 1 is 1.32 bits per heavy atom. The summed E-state index contributed by atoms with van der Waals surface area (Å²) in [5.74, 6) is -0.415. The predicted molar refractivity (Wildman–Crippen MR) is 136 cm³/mol. The Morgan fingerprint density at radius 3 is 2.76 bits per heavy atom. The molecule has 8 nitrogen and oxygen atoms in total. The fourth-order valence-corrected chi connectivity index (χ4v) is 4.46. The van der Waals surface area contributed by atoms with E-state index in [1.807, 2.05) is 13.8 Å². The van der Waals surface area contributed by atoms with Crippen LogP contribution in [0, 0.1) is 5.41 Å². The molecule has 2 unspecified atom stereocenters. The lowest BCUT2D eigenvalue weighted by Gasteiger charge is -2.26. The molecule has 4 N–H and O–H groups in total. The van der Waals surface area contributed by atoms with E-state index in [1.54, 1.807) is 25.2 Å². The van der Waals surface area contributed by atoms with Crippen molar-refractivity contribution >= 4 is 52.4 Å². The van der Waals surface area contributed by atoms with Crippen LogP contribution >= 0.6 is 23.9 Å². The van der Waals surface area contributed by atoms with Crippen molar-refractivity contribution in [3.8, 4) is 0 Å². The normalized spacial score (nSPS) is 17.6. The van der Waals surface area contributed by atoms with Crippen molar-refractivity contribution in [3.05, 3.63) is 52.4 Å². The van der Waals surface area contributed by atoms with Gasteiger partial charge in [-0.05, 0) is 43.9 Å². The van der Waals surface area contributed by atoms with Gasteiger partial charge in [-0.3, -0.25) is 10.2 Å². The van der Waals surface area contributed by atoms with Gasteiger partial charge < -0.3 is 15.7 Å². The molecule has 0 spiro atoms. The van der Waals surface area contributed by atoms with Crippen LogP contribution in [0.25, 0.3) is 11.2 Å². The molecule has 1 aromatic carbocycles. The van der Waals surface area contributed by atoms with Gasteiger partial charge in [-0.25, -0.2) is 13.9 Å². The monoisotopic (exact) mass is 506 g/mol. The van der Waals surface area contributed by atoms with E-state index in [0.717, 1.165) is 23.2 Å². The molecule has 3 aromatic rings. The maximum absolute atomic E-state index is 13.5. The highest BCUT2D eigenvalue weighted by atomic mass is 35.5. The van der Waals surface area contributed by atoms with Crippen molar-refractivity contribution in [2.45, 2.75) is 51.7 Å². The zero-order valence-electron chi connectivity index (χ0n) is 19.2. The molecule has 0 bridgehead atoms. The van der Waals surface area contributed by atoms with Gasteiger partial charge in [0.25, 0.3) is 5.91 Å². The third-order valence-corrected chi connectivity index (χ3v) is 6.20. The van der Waals surface area contributed by atoms with Crippen LogP contribution in [0.2, 0.25) is 5.02 Å². The van der Waals surface area contributed by atoms with Crippen LogP contribution in [0.1, 0.15) is 61.1 Å². The van der Waals surface area contributed by atoms with Gasteiger partial charge in [0.15, 0.2) is 18.0 Å². The fourth-order valence-electron chi connectivity index (χ4n) is 3.94. The van der Waals surface area contributed by atoms with Gasteiger partial charge in [0.1, 0.15) is 11.2 Å². The molecule has 1 saturated carbocycles. The number of carbonyl (C=O) groups excluding carboxylic acids is 1. The summed E-state index contributed by atoms with van der Waals surface area (Å²) in [7, 11) is 1.72. The first-order valence-corrected chi connectivity index (χ1v) is 12.2. The van der Waals surface area contributed by atoms with Gasteiger partial charge in [0, 0.05) is 35.6 Å². The molecule has 1 amide bonds. The Hall–Kier alpha value is -2.69. The Kier molecular flexibility index (Phi) is 8.87. The number of anilines is 1. The number of halogens is 2. The summed E-state index contributed by atoms with van der Waals surface area (Å²) >= 11 is 5.97. The number of nitrogens with zero attached hydrogens (tertiary/aromatic N) is 3. The number of hydrogen-bond donors (Lipinski definition) is 4.